The van der Waals surface area contributed by atoms with Gasteiger partial charge in [-0.15, -0.1) is 0 Å². The zero-order valence-electron chi connectivity index (χ0n) is 16.8. The molecule has 2 aromatic heterocycles. The third-order valence-corrected chi connectivity index (χ3v) is 4.95. The van der Waals surface area contributed by atoms with E-state index in [1.165, 1.54) is 0 Å². The van der Waals surface area contributed by atoms with Crippen LogP contribution < -0.4 is 5.32 Å². The normalized spacial score (nSPS) is 16.3. The Balaban J connectivity index is 1.58. The van der Waals surface area contributed by atoms with Crippen LogP contribution in [0.2, 0.25) is 0 Å². The lowest BCUT2D eigenvalue weighted by molar-refractivity contribution is 0.0754. The average Bonchev–Trinajstić information content (AvgIpc) is 3.26. The molecule has 8 heteroatoms. The monoisotopic (exact) mass is 392 g/mol. The third-order valence-electron chi connectivity index (χ3n) is 4.95. The van der Waals surface area contributed by atoms with Crippen LogP contribution >= 0.6 is 0 Å². The molecule has 1 aliphatic heterocycles. The number of nitrogens with one attached hydrogen (secondary N) is 1. The summed E-state index contributed by atoms with van der Waals surface area (Å²) in [5.74, 6) is 0.333. The number of anilines is 2. The highest BCUT2D eigenvalue weighted by atomic mass is 16.3. The molecule has 3 heterocycles. The fourth-order valence-corrected chi connectivity index (χ4v) is 3.62. The number of nitrogens with zero attached hydrogens (tertiary/aromatic N) is 5. The first-order valence-corrected chi connectivity index (χ1v) is 9.59. The summed E-state index contributed by atoms with van der Waals surface area (Å²) >= 11 is 0. The van der Waals surface area contributed by atoms with Crippen LogP contribution in [0, 0.1) is 13.8 Å². The predicted octanol–water partition coefficient (Wildman–Crippen LogP) is 2.44. The average molecular weight is 392 g/mol. The fraction of sp³-hybridized carbons (Fsp3) is 0.333. The summed E-state index contributed by atoms with van der Waals surface area (Å²) in [6, 6.07) is 9.67. The summed E-state index contributed by atoms with van der Waals surface area (Å²) in [6.45, 7) is 5.00. The van der Waals surface area contributed by atoms with Crippen molar-refractivity contribution in [1.82, 2.24) is 24.6 Å². The first-order valence-electron chi connectivity index (χ1n) is 9.59. The van der Waals surface area contributed by atoms with Crippen LogP contribution in [0.5, 0.6) is 0 Å². The molecule has 2 N–H and O–H groups in total. The van der Waals surface area contributed by atoms with Crippen molar-refractivity contribution in [3.05, 3.63) is 53.3 Å². The highest BCUT2D eigenvalue weighted by Crippen LogP contribution is 2.22. The van der Waals surface area contributed by atoms with E-state index in [0.29, 0.717) is 42.5 Å². The standard InChI is InChI=1S/C21H24N6O2/c1-13-8-14(2)10-15(9-13)23-21-22-6-4-17(24-21)18-11-19(26(3)25-18)20(29)27-7-5-16(28)12-27/h4,6,8-11,16,28H,5,7,12H2,1-3H3,(H,22,23,24)/t16-/m1/s1. The second-order valence-electron chi connectivity index (χ2n) is 7.50. The Hall–Kier alpha value is -3.26. The van der Waals surface area contributed by atoms with Crippen LogP contribution in [0.15, 0.2) is 36.5 Å². The number of amides is 1. The van der Waals surface area contributed by atoms with Crippen molar-refractivity contribution in [3.8, 4) is 11.4 Å². The van der Waals surface area contributed by atoms with Crippen molar-refractivity contribution in [1.29, 1.82) is 0 Å². The van der Waals surface area contributed by atoms with Gasteiger partial charge < -0.3 is 15.3 Å². The first kappa shape index (κ1) is 19.1. The quantitative estimate of drug-likeness (QED) is 0.708. The highest BCUT2D eigenvalue weighted by molar-refractivity contribution is 5.93. The van der Waals surface area contributed by atoms with E-state index in [-0.39, 0.29) is 5.91 Å². The number of hydrogen-bond donors (Lipinski definition) is 2. The van der Waals surface area contributed by atoms with E-state index in [4.69, 9.17) is 0 Å². The van der Waals surface area contributed by atoms with E-state index < -0.39 is 6.10 Å². The van der Waals surface area contributed by atoms with Crippen molar-refractivity contribution >= 4 is 17.5 Å². The molecule has 1 saturated heterocycles. The molecule has 1 aromatic carbocycles. The molecule has 0 saturated carbocycles. The Bertz CT molecular complexity index is 1040. The summed E-state index contributed by atoms with van der Waals surface area (Å²) < 4.78 is 1.56. The number of aromatic nitrogens is 4. The number of aliphatic hydroxyl groups excluding tert-OH is 1. The Labute approximate surface area is 169 Å². The van der Waals surface area contributed by atoms with Gasteiger partial charge in [-0.25, -0.2) is 9.97 Å². The van der Waals surface area contributed by atoms with Crippen molar-refractivity contribution < 1.29 is 9.90 Å². The Morgan fingerprint density at radius 3 is 2.62 bits per heavy atom. The molecule has 1 aliphatic rings. The molecule has 29 heavy (non-hydrogen) atoms. The number of β-amino-alcohol motifs (C(OH)–C–C–N with tert-alkyl or cyclic N) is 1. The molecule has 1 atom stereocenters. The van der Waals surface area contributed by atoms with Gasteiger partial charge in [0, 0.05) is 32.0 Å². The van der Waals surface area contributed by atoms with E-state index in [2.05, 4.69) is 26.4 Å². The van der Waals surface area contributed by atoms with Crippen molar-refractivity contribution in [2.75, 3.05) is 18.4 Å². The van der Waals surface area contributed by atoms with Gasteiger partial charge in [0.25, 0.3) is 5.91 Å². The second-order valence-corrected chi connectivity index (χ2v) is 7.50. The molecular weight excluding hydrogens is 368 g/mol. The van der Waals surface area contributed by atoms with Crippen LogP contribution in [0.3, 0.4) is 0 Å². The number of carbonyl (C=O) groups excluding carboxylic acids is 1. The van der Waals surface area contributed by atoms with Gasteiger partial charge in [-0.2, -0.15) is 5.10 Å². The Morgan fingerprint density at radius 1 is 1.17 bits per heavy atom. The smallest absolute Gasteiger partial charge is 0.272 e. The molecule has 4 rings (SSSR count). The first-order chi connectivity index (χ1) is 13.9. The van der Waals surface area contributed by atoms with Gasteiger partial charge >= 0.3 is 0 Å². The van der Waals surface area contributed by atoms with Gasteiger partial charge in [-0.3, -0.25) is 9.48 Å². The summed E-state index contributed by atoms with van der Waals surface area (Å²) in [5, 5.41) is 17.4. The number of benzene rings is 1. The molecule has 0 unspecified atom stereocenters. The van der Waals surface area contributed by atoms with E-state index >= 15 is 0 Å². The largest absolute Gasteiger partial charge is 0.391 e. The van der Waals surface area contributed by atoms with E-state index in [9.17, 15) is 9.90 Å². The van der Waals surface area contributed by atoms with E-state index in [1.807, 2.05) is 26.0 Å². The lowest BCUT2D eigenvalue weighted by Gasteiger charge is -2.14. The lowest BCUT2D eigenvalue weighted by atomic mass is 10.1. The SMILES string of the molecule is Cc1cc(C)cc(Nc2nccc(-c3cc(C(=O)N4CC[C@@H](O)C4)n(C)n3)n2)c1. The number of aliphatic hydroxyl groups is 1. The molecular formula is C21H24N6O2. The zero-order valence-corrected chi connectivity index (χ0v) is 16.8. The van der Waals surface area contributed by atoms with Gasteiger partial charge in [0.1, 0.15) is 11.4 Å². The molecule has 0 bridgehead atoms. The zero-order chi connectivity index (χ0) is 20.5. The maximum atomic E-state index is 12.7. The molecule has 8 nitrogen and oxygen atoms in total. The molecule has 0 aliphatic carbocycles. The van der Waals surface area contributed by atoms with Crippen LogP contribution in [0.4, 0.5) is 11.6 Å². The van der Waals surface area contributed by atoms with Gasteiger partial charge in [0.2, 0.25) is 5.95 Å². The van der Waals surface area contributed by atoms with Crippen molar-refractivity contribution in [2.24, 2.45) is 7.05 Å². The number of carbonyl (C=O) groups is 1. The van der Waals surface area contributed by atoms with Gasteiger partial charge in [0.15, 0.2) is 0 Å². The summed E-state index contributed by atoms with van der Waals surface area (Å²) in [6.07, 6.45) is 1.82. The lowest BCUT2D eigenvalue weighted by Crippen LogP contribution is -2.31. The van der Waals surface area contributed by atoms with Crippen LogP contribution in [-0.4, -0.2) is 54.9 Å². The molecule has 1 fully saturated rings. The maximum Gasteiger partial charge on any atom is 0.272 e. The topological polar surface area (TPSA) is 96.2 Å². The maximum absolute atomic E-state index is 12.7. The molecule has 0 spiro atoms. The Kier molecular flexibility index (Phi) is 5.02. The number of aryl methyl sites for hydroxylation is 3. The fourth-order valence-electron chi connectivity index (χ4n) is 3.62. The van der Waals surface area contributed by atoms with E-state index in [1.54, 1.807) is 35.0 Å². The summed E-state index contributed by atoms with van der Waals surface area (Å²) in [7, 11) is 1.74. The van der Waals surface area contributed by atoms with Gasteiger partial charge in [-0.1, -0.05) is 6.07 Å². The van der Waals surface area contributed by atoms with Gasteiger partial charge in [0.05, 0.1) is 11.8 Å². The molecule has 150 valence electrons. The summed E-state index contributed by atoms with van der Waals surface area (Å²) in [5.41, 5.74) is 4.93. The van der Waals surface area contributed by atoms with Crippen LogP contribution in [0.25, 0.3) is 11.4 Å². The predicted molar refractivity (Wildman–Crippen MR) is 110 cm³/mol. The van der Waals surface area contributed by atoms with Crippen LogP contribution in [0.1, 0.15) is 28.0 Å². The third kappa shape index (κ3) is 4.12. The number of rotatable bonds is 4. The second kappa shape index (κ2) is 7.63. The van der Waals surface area contributed by atoms with E-state index in [0.717, 1.165) is 16.8 Å². The minimum Gasteiger partial charge on any atom is -0.391 e. The van der Waals surface area contributed by atoms with Crippen molar-refractivity contribution in [2.45, 2.75) is 26.4 Å². The van der Waals surface area contributed by atoms with Gasteiger partial charge in [-0.05, 0) is 55.7 Å². The molecule has 1 amide bonds. The number of likely N-dealkylation sites (tertiary alicyclic amines) is 1. The number of hydrogen-bond acceptors (Lipinski definition) is 6. The van der Waals surface area contributed by atoms with Crippen LogP contribution in [-0.2, 0) is 7.05 Å². The molecule has 3 aromatic rings. The Morgan fingerprint density at radius 2 is 1.93 bits per heavy atom. The highest BCUT2D eigenvalue weighted by Gasteiger charge is 2.27. The van der Waals surface area contributed by atoms with Crippen molar-refractivity contribution in [3.63, 3.8) is 0 Å². The summed E-state index contributed by atoms with van der Waals surface area (Å²) in [4.78, 5) is 23.2. The minimum absolute atomic E-state index is 0.134. The molecule has 0 radical (unpaired) electrons. The minimum atomic E-state index is -0.451.